The third-order valence-corrected chi connectivity index (χ3v) is 1.42. The predicted molar refractivity (Wildman–Crippen MR) is 37.3 cm³/mol. The van der Waals surface area contributed by atoms with Crippen LogP contribution in [-0.4, -0.2) is 24.9 Å². The first-order valence-corrected chi connectivity index (χ1v) is 3.16. The molecule has 0 saturated carbocycles. The van der Waals surface area contributed by atoms with E-state index in [1.54, 1.807) is 7.11 Å². The summed E-state index contributed by atoms with van der Waals surface area (Å²) < 4.78 is 5.01. The van der Waals surface area contributed by atoms with Crippen LogP contribution in [0.15, 0.2) is 0 Å². The molecule has 0 aliphatic carbocycles. The first-order valence-electron chi connectivity index (χ1n) is 3.16. The zero-order chi connectivity index (χ0) is 7.49. The second kappa shape index (κ2) is 3.18. The number of ether oxygens (including phenoxy) is 1. The van der Waals surface area contributed by atoms with Crippen LogP contribution in [0.5, 0.6) is 0 Å². The van der Waals surface area contributed by atoms with Gasteiger partial charge in [0.15, 0.2) is 0 Å². The van der Waals surface area contributed by atoms with Crippen LogP contribution in [0.25, 0.3) is 0 Å². The summed E-state index contributed by atoms with van der Waals surface area (Å²) in [5, 5.41) is 8.74. The Labute approximate surface area is 56.8 Å². The van der Waals surface area contributed by atoms with E-state index in [2.05, 4.69) is 0 Å². The van der Waals surface area contributed by atoms with Crippen LogP contribution < -0.4 is 0 Å². The molecule has 1 N–H and O–H groups in total. The third-order valence-electron chi connectivity index (χ3n) is 1.42. The lowest BCUT2D eigenvalue weighted by Crippen LogP contribution is -2.31. The van der Waals surface area contributed by atoms with Crippen molar-refractivity contribution in [2.24, 2.45) is 5.41 Å². The van der Waals surface area contributed by atoms with Gasteiger partial charge in [-0.3, -0.25) is 0 Å². The minimum absolute atomic E-state index is 0.0440. The Morgan fingerprint density at radius 2 is 1.89 bits per heavy atom. The van der Waals surface area contributed by atoms with Gasteiger partial charge >= 0.3 is 0 Å². The SMILES string of the molecule is CO[C@@H](CO)C(C)(C)C. The lowest BCUT2D eigenvalue weighted by Gasteiger charge is -2.27. The van der Waals surface area contributed by atoms with Gasteiger partial charge in [0.05, 0.1) is 12.7 Å². The van der Waals surface area contributed by atoms with Crippen LogP contribution in [0, 0.1) is 5.41 Å². The molecule has 0 amide bonds. The summed E-state index contributed by atoms with van der Waals surface area (Å²) in [5.74, 6) is 0. The molecule has 0 unspecified atom stereocenters. The molecule has 2 heteroatoms. The number of hydrogen-bond donors (Lipinski definition) is 1. The van der Waals surface area contributed by atoms with Gasteiger partial charge in [-0.15, -0.1) is 0 Å². The van der Waals surface area contributed by atoms with E-state index in [1.807, 2.05) is 20.8 Å². The Bertz CT molecular complexity index is 69.5. The number of hydrogen-bond acceptors (Lipinski definition) is 2. The molecule has 0 saturated heterocycles. The minimum atomic E-state index is -0.0440. The molecule has 1 atom stereocenters. The molecule has 0 fully saturated rings. The number of rotatable bonds is 2. The molecule has 0 heterocycles. The summed E-state index contributed by atoms with van der Waals surface area (Å²) in [5.41, 5.74) is 0.0451. The molecule has 0 aromatic rings. The Morgan fingerprint density at radius 1 is 1.44 bits per heavy atom. The number of methoxy groups -OCH3 is 1. The van der Waals surface area contributed by atoms with E-state index in [9.17, 15) is 0 Å². The molecule has 0 aliphatic heterocycles. The first kappa shape index (κ1) is 8.92. The van der Waals surface area contributed by atoms with Crippen molar-refractivity contribution in [1.29, 1.82) is 0 Å². The van der Waals surface area contributed by atoms with Gasteiger partial charge < -0.3 is 9.84 Å². The van der Waals surface area contributed by atoms with E-state index in [1.165, 1.54) is 0 Å². The molecular weight excluding hydrogens is 116 g/mol. The van der Waals surface area contributed by atoms with Gasteiger partial charge in [0.2, 0.25) is 0 Å². The van der Waals surface area contributed by atoms with Gasteiger partial charge in [-0.2, -0.15) is 0 Å². The molecule has 9 heavy (non-hydrogen) atoms. The van der Waals surface area contributed by atoms with Crippen LogP contribution in [0.4, 0.5) is 0 Å². The van der Waals surface area contributed by atoms with Crippen LogP contribution in [-0.2, 0) is 4.74 Å². The zero-order valence-corrected chi connectivity index (χ0v) is 6.64. The molecule has 56 valence electrons. The molecular formula is C7H16O2. The monoisotopic (exact) mass is 132 g/mol. The second-order valence-corrected chi connectivity index (χ2v) is 3.27. The van der Waals surface area contributed by atoms with E-state index in [0.29, 0.717) is 0 Å². The molecule has 0 spiro atoms. The van der Waals surface area contributed by atoms with Crippen LogP contribution in [0.3, 0.4) is 0 Å². The minimum Gasteiger partial charge on any atom is -0.394 e. The Balaban J connectivity index is 3.79. The molecule has 0 rings (SSSR count). The van der Waals surface area contributed by atoms with Crippen LogP contribution >= 0.6 is 0 Å². The quantitative estimate of drug-likeness (QED) is 0.608. The summed E-state index contributed by atoms with van der Waals surface area (Å²) in [6.07, 6.45) is -0.0440. The van der Waals surface area contributed by atoms with Crippen molar-refractivity contribution in [3.63, 3.8) is 0 Å². The van der Waals surface area contributed by atoms with Crippen molar-refractivity contribution in [2.75, 3.05) is 13.7 Å². The van der Waals surface area contributed by atoms with E-state index < -0.39 is 0 Å². The van der Waals surface area contributed by atoms with Crippen molar-refractivity contribution in [2.45, 2.75) is 26.9 Å². The predicted octanol–water partition coefficient (Wildman–Crippen LogP) is 1.04. The van der Waals surface area contributed by atoms with Crippen molar-refractivity contribution >= 4 is 0 Å². The highest BCUT2D eigenvalue weighted by molar-refractivity contribution is 4.72. The molecule has 0 aromatic carbocycles. The standard InChI is InChI=1S/C7H16O2/c1-7(2,3)6(5-8)9-4/h6,8H,5H2,1-4H3/t6-/m0/s1. The lowest BCUT2D eigenvalue weighted by molar-refractivity contribution is -0.0218. The maximum absolute atomic E-state index is 8.74. The lowest BCUT2D eigenvalue weighted by atomic mass is 9.90. The summed E-state index contributed by atoms with van der Waals surface area (Å²) >= 11 is 0. The van der Waals surface area contributed by atoms with Gasteiger partial charge in [-0.05, 0) is 5.41 Å². The maximum atomic E-state index is 8.74. The highest BCUT2D eigenvalue weighted by atomic mass is 16.5. The van der Waals surface area contributed by atoms with Gasteiger partial charge in [-0.25, -0.2) is 0 Å². The molecule has 0 aromatic heterocycles. The average Bonchev–Trinajstić information content (AvgIpc) is 1.65. The van der Waals surface area contributed by atoms with Gasteiger partial charge in [0.25, 0.3) is 0 Å². The fourth-order valence-electron chi connectivity index (χ4n) is 0.702. The average molecular weight is 132 g/mol. The molecule has 2 nitrogen and oxygen atoms in total. The molecule has 0 radical (unpaired) electrons. The maximum Gasteiger partial charge on any atom is 0.0850 e. The van der Waals surface area contributed by atoms with Crippen molar-refractivity contribution < 1.29 is 9.84 Å². The van der Waals surface area contributed by atoms with Gasteiger partial charge in [-0.1, -0.05) is 20.8 Å². The topological polar surface area (TPSA) is 29.5 Å². The highest BCUT2D eigenvalue weighted by Crippen LogP contribution is 2.20. The molecule has 0 bridgehead atoms. The Morgan fingerprint density at radius 3 is 1.89 bits per heavy atom. The smallest absolute Gasteiger partial charge is 0.0850 e. The third kappa shape index (κ3) is 2.82. The fourth-order valence-corrected chi connectivity index (χ4v) is 0.702. The van der Waals surface area contributed by atoms with Crippen molar-refractivity contribution in [3.05, 3.63) is 0 Å². The summed E-state index contributed by atoms with van der Waals surface area (Å²) in [7, 11) is 1.62. The van der Waals surface area contributed by atoms with E-state index in [0.717, 1.165) is 0 Å². The van der Waals surface area contributed by atoms with E-state index in [4.69, 9.17) is 9.84 Å². The zero-order valence-electron chi connectivity index (χ0n) is 6.64. The second-order valence-electron chi connectivity index (χ2n) is 3.27. The van der Waals surface area contributed by atoms with Crippen molar-refractivity contribution in [3.8, 4) is 0 Å². The first-order chi connectivity index (χ1) is 4.02. The van der Waals surface area contributed by atoms with Crippen LogP contribution in [0.1, 0.15) is 20.8 Å². The van der Waals surface area contributed by atoms with Crippen LogP contribution in [0.2, 0.25) is 0 Å². The summed E-state index contributed by atoms with van der Waals surface area (Å²) in [6, 6.07) is 0. The van der Waals surface area contributed by atoms with E-state index >= 15 is 0 Å². The Hall–Kier alpha value is -0.0800. The number of aliphatic hydroxyl groups excluding tert-OH is 1. The van der Waals surface area contributed by atoms with Gasteiger partial charge in [0.1, 0.15) is 0 Å². The van der Waals surface area contributed by atoms with E-state index in [-0.39, 0.29) is 18.1 Å². The fraction of sp³-hybridized carbons (Fsp3) is 1.00. The highest BCUT2D eigenvalue weighted by Gasteiger charge is 2.22. The Kier molecular flexibility index (Phi) is 3.15. The summed E-state index contributed by atoms with van der Waals surface area (Å²) in [4.78, 5) is 0. The molecule has 0 aliphatic rings. The van der Waals surface area contributed by atoms with Gasteiger partial charge in [0, 0.05) is 7.11 Å². The summed E-state index contributed by atoms with van der Waals surface area (Å²) in [6.45, 7) is 6.21. The van der Waals surface area contributed by atoms with Crippen molar-refractivity contribution in [1.82, 2.24) is 0 Å². The number of aliphatic hydroxyl groups is 1. The largest absolute Gasteiger partial charge is 0.394 e. The normalized spacial score (nSPS) is 15.7.